The van der Waals surface area contributed by atoms with E-state index in [0.29, 0.717) is 0 Å². The molecule has 0 heterocycles. The van der Waals surface area contributed by atoms with Crippen molar-refractivity contribution in [2.45, 2.75) is 12.9 Å². The van der Waals surface area contributed by atoms with E-state index >= 15 is 0 Å². The predicted octanol–water partition coefficient (Wildman–Crippen LogP) is 0.394. The SMILES string of the molecule is COOC(C)(OOC)OOC. The zero-order valence-electron chi connectivity index (χ0n) is 6.95. The molecule has 0 aromatic rings. The zero-order valence-corrected chi connectivity index (χ0v) is 6.95. The fourth-order valence-corrected chi connectivity index (χ4v) is 0.496. The van der Waals surface area contributed by atoms with Crippen molar-refractivity contribution in [2.24, 2.45) is 0 Å². The molecule has 0 fully saturated rings. The lowest BCUT2D eigenvalue weighted by molar-refractivity contribution is -0.616. The predicted molar refractivity (Wildman–Crippen MR) is 32.7 cm³/mol. The molecule has 0 aromatic carbocycles. The van der Waals surface area contributed by atoms with Crippen molar-refractivity contribution in [3.8, 4) is 0 Å². The molecule has 68 valence electrons. The van der Waals surface area contributed by atoms with Gasteiger partial charge in [-0.05, 0) is 0 Å². The summed E-state index contributed by atoms with van der Waals surface area (Å²) in [6.07, 6.45) is 0. The molecule has 0 radical (unpaired) electrons. The second kappa shape index (κ2) is 5.42. The van der Waals surface area contributed by atoms with Gasteiger partial charge in [0, 0.05) is 6.92 Å². The molecule has 0 aliphatic carbocycles. The summed E-state index contributed by atoms with van der Waals surface area (Å²) in [4.78, 5) is 26.5. The first-order valence-electron chi connectivity index (χ1n) is 2.84. The van der Waals surface area contributed by atoms with E-state index in [1.807, 2.05) is 0 Å². The molecule has 0 aliphatic rings. The van der Waals surface area contributed by atoms with Crippen LogP contribution in [0.5, 0.6) is 0 Å². The van der Waals surface area contributed by atoms with Gasteiger partial charge in [-0.15, -0.1) is 0 Å². The first-order chi connectivity index (χ1) is 5.18. The molecular formula is C5H12O6. The fraction of sp³-hybridized carbons (Fsp3) is 1.00. The summed E-state index contributed by atoms with van der Waals surface area (Å²) >= 11 is 0. The summed E-state index contributed by atoms with van der Waals surface area (Å²) in [7, 11) is 3.91. The van der Waals surface area contributed by atoms with Gasteiger partial charge in [-0.1, -0.05) is 0 Å². The number of rotatable bonds is 6. The van der Waals surface area contributed by atoms with Crippen LogP contribution in [0.1, 0.15) is 6.92 Å². The average molecular weight is 168 g/mol. The number of hydrogen-bond donors (Lipinski definition) is 0. The first kappa shape index (κ1) is 10.8. The third-order valence-electron chi connectivity index (χ3n) is 0.704. The lowest BCUT2D eigenvalue weighted by Crippen LogP contribution is -2.34. The Morgan fingerprint density at radius 2 is 1.00 bits per heavy atom. The maximum Gasteiger partial charge on any atom is 0.362 e. The third-order valence-corrected chi connectivity index (χ3v) is 0.704. The normalized spacial score (nSPS) is 12.0. The maximum atomic E-state index is 4.52. The summed E-state index contributed by atoms with van der Waals surface area (Å²) in [6.45, 7) is 1.41. The molecule has 6 heteroatoms. The Morgan fingerprint density at radius 1 is 0.727 bits per heavy atom. The molecule has 0 aliphatic heterocycles. The summed E-state index contributed by atoms with van der Waals surface area (Å²) in [5.74, 6) is -1.52. The van der Waals surface area contributed by atoms with Gasteiger partial charge >= 0.3 is 5.97 Å². The highest BCUT2D eigenvalue weighted by Crippen LogP contribution is 2.14. The van der Waals surface area contributed by atoms with Crippen LogP contribution < -0.4 is 0 Å². The van der Waals surface area contributed by atoms with Crippen LogP contribution in [-0.2, 0) is 29.3 Å². The highest BCUT2D eigenvalue weighted by Gasteiger charge is 2.31. The smallest absolute Gasteiger partial charge is 0.235 e. The van der Waals surface area contributed by atoms with Crippen LogP contribution in [0.4, 0.5) is 0 Å². The van der Waals surface area contributed by atoms with E-state index in [4.69, 9.17) is 0 Å². The van der Waals surface area contributed by atoms with E-state index in [1.54, 1.807) is 0 Å². The highest BCUT2D eigenvalue weighted by molar-refractivity contribution is 4.33. The zero-order chi connectivity index (χ0) is 8.74. The maximum absolute atomic E-state index is 4.52. The van der Waals surface area contributed by atoms with Crippen LogP contribution in [0.25, 0.3) is 0 Å². The summed E-state index contributed by atoms with van der Waals surface area (Å²) in [6, 6.07) is 0. The van der Waals surface area contributed by atoms with Crippen LogP contribution in [0.2, 0.25) is 0 Å². The van der Waals surface area contributed by atoms with Gasteiger partial charge in [0.15, 0.2) is 0 Å². The standard InChI is InChI=1S/C5H12O6/c1-5(9-6-2,10-7-3)11-8-4/h1-4H3. The van der Waals surface area contributed by atoms with Gasteiger partial charge in [0.25, 0.3) is 0 Å². The van der Waals surface area contributed by atoms with Gasteiger partial charge in [0.2, 0.25) is 0 Å². The molecule has 0 N–H and O–H groups in total. The van der Waals surface area contributed by atoms with Crippen LogP contribution in [-0.4, -0.2) is 27.3 Å². The van der Waals surface area contributed by atoms with E-state index in [-0.39, 0.29) is 0 Å². The lowest BCUT2D eigenvalue weighted by atomic mass is 10.7. The quantitative estimate of drug-likeness (QED) is 0.325. The van der Waals surface area contributed by atoms with Crippen molar-refractivity contribution in [1.82, 2.24) is 0 Å². The van der Waals surface area contributed by atoms with Crippen LogP contribution in [0.15, 0.2) is 0 Å². The minimum atomic E-state index is -1.52. The molecule has 0 rings (SSSR count). The second-order valence-electron chi connectivity index (χ2n) is 1.61. The highest BCUT2D eigenvalue weighted by atomic mass is 17.4. The van der Waals surface area contributed by atoms with E-state index < -0.39 is 5.97 Å². The first-order valence-corrected chi connectivity index (χ1v) is 2.84. The summed E-state index contributed by atoms with van der Waals surface area (Å²) < 4.78 is 0. The molecule has 0 aromatic heterocycles. The van der Waals surface area contributed by atoms with Crippen molar-refractivity contribution >= 4 is 0 Å². The Hall–Kier alpha value is -0.240. The fourth-order valence-electron chi connectivity index (χ4n) is 0.496. The van der Waals surface area contributed by atoms with E-state index in [2.05, 4.69) is 29.3 Å². The van der Waals surface area contributed by atoms with Gasteiger partial charge in [0.05, 0.1) is 21.3 Å². The van der Waals surface area contributed by atoms with E-state index in [9.17, 15) is 0 Å². The van der Waals surface area contributed by atoms with E-state index in [0.717, 1.165) is 0 Å². The minimum absolute atomic E-state index is 1.30. The topological polar surface area (TPSA) is 55.4 Å². The Balaban J connectivity index is 3.79. The molecule has 0 amide bonds. The van der Waals surface area contributed by atoms with Crippen molar-refractivity contribution < 1.29 is 29.3 Å². The molecule has 0 saturated carbocycles. The molecule has 6 nitrogen and oxygen atoms in total. The van der Waals surface area contributed by atoms with Crippen molar-refractivity contribution in [3.63, 3.8) is 0 Å². The monoisotopic (exact) mass is 168 g/mol. The Morgan fingerprint density at radius 3 is 1.18 bits per heavy atom. The molecular weight excluding hydrogens is 156 g/mol. The molecule has 0 spiro atoms. The Labute approximate surface area is 64.7 Å². The lowest BCUT2D eigenvalue weighted by Gasteiger charge is -2.22. The molecule has 0 saturated heterocycles. The summed E-state index contributed by atoms with van der Waals surface area (Å²) in [5, 5.41) is 0. The van der Waals surface area contributed by atoms with Crippen LogP contribution in [0.3, 0.4) is 0 Å². The summed E-state index contributed by atoms with van der Waals surface area (Å²) in [5.41, 5.74) is 0. The largest absolute Gasteiger partial charge is 0.362 e. The van der Waals surface area contributed by atoms with Crippen molar-refractivity contribution in [2.75, 3.05) is 21.3 Å². The Kier molecular flexibility index (Phi) is 5.30. The van der Waals surface area contributed by atoms with Gasteiger partial charge in [-0.25, -0.2) is 14.7 Å². The molecule has 0 bridgehead atoms. The molecule has 11 heavy (non-hydrogen) atoms. The number of hydrogen-bond acceptors (Lipinski definition) is 6. The Bertz CT molecular complexity index is 78.0. The van der Waals surface area contributed by atoms with Crippen LogP contribution >= 0.6 is 0 Å². The van der Waals surface area contributed by atoms with Gasteiger partial charge in [-0.2, -0.15) is 14.7 Å². The molecule has 0 unspecified atom stereocenters. The van der Waals surface area contributed by atoms with Gasteiger partial charge in [-0.3, -0.25) is 0 Å². The second-order valence-corrected chi connectivity index (χ2v) is 1.61. The minimum Gasteiger partial charge on any atom is -0.235 e. The van der Waals surface area contributed by atoms with Crippen molar-refractivity contribution in [3.05, 3.63) is 0 Å². The van der Waals surface area contributed by atoms with Crippen LogP contribution in [0, 0.1) is 0 Å². The average Bonchev–Trinajstić information content (AvgIpc) is 1.88. The molecule has 0 atom stereocenters. The van der Waals surface area contributed by atoms with Crippen molar-refractivity contribution in [1.29, 1.82) is 0 Å². The van der Waals surface area contributed by atoms with Gasteiger partial charge in [0.1, 0.15) is 0 Å². The third kappa shape index (κ3) is 4.25. The van der Waals surface area contributed by atoms with Gasteiger partial charge < -0.3 is 0 Å². The van der Waals surface area contributed by atoms with E-state index in [1.165, 1.54) is 28.3 Å².